The fraction of sp³-hybridized carbons (Fsp3) is 0.333. The summed E-state index contributed by atoms with van der Waals surface area (Å²) in [6.45, 7) is 0.826. The van der Waals surface area contributed by atoms with Crippen LogP contribution >= 0.6 is 0 Å². The van der Waals surface area contributed by atoms with Crippen molar-refractivity contribution in [2.75, 3.05) is 6.54 Å². The van der Waals surface area contributed by atoms with Gasteiger partial charge in [-0.2, -0.15) is 0 Å². The number of carbonyl (C=O) groups is 2. The molecule has 1 fully saturated rings. The number of rotatable bonds is 8. The number of hydrogen-bond donors (Lipinski definition) is 6. The Bertz CT molecular complexity index is 1320. The summed E-state index contributed by atoms with van der Waals surface area (Å²) in [7, 11) is 0. The topological polar surface area (TPSA) is 128 Å². The zero-order valence-electron chi connectivity index (χ0n) is 19.6. The van der Waals surface area contributed by atoms with Crippen LogP contribution in [0.4, 0.5) is 0 Å². The molecule has 8 heteroatoms. The van der Waals surface area contributed by atoms with E-state index in [2.05, 4.69) is 25.9 Å². The van der Waals surface area contributed by atoms with Crippen LogP contribution in [0.25, 0.3) is 21.8 Å². The van der Waals surface area contributed by atoms with E-state index in [9.17, 15) is 9.59 Å². The van der Waals surface area contributed by atoms with Crippen LogP contribution in [0.1, 0.15) is 30.4 Å². The second-order valence-electron chi connectivity index (χ2n) is 9.31. The standard InChI is InChI=1S/C27H32N6O2/c28-21(13-17-15-30-22-9-3-1-7-19(17)22)26(34)32-25(33-27(35)24-11-5-6-12-29-24)14-18-16-31-23-10-4-2-8-20(18)23/h1-4,7-10,15-16,21,24-25,29-31H,5-6,11-14,28H2,(H,32,34)(H,33,35)/t21-,24?,25+/m1/s1. The zero-order valence-corrected chi connectivity index (χ0v) is 19.6. The van der Waals surface area contributed by atoms with Crippen molar-refractivity contribution in [1.82, 2.24) is 25.9 Å². The van der Waals surface area contributed by atoms with Gasteiger partial charge in [0.05, 0.1) is 12.1 Å². The highest BCUT2D eigenvalue weighted by Crippen LogP contribution is 2.20. The van der Waals surface area contributed by atoms with Gasteiger partial charge in [-0.05, 0) is 49.1 Å². The van der Waals surface area contributed by atoms with E-state index < -0.39 is 12.2 Å². The monoisotopic (exact) mass is 472 g/mol. The average molecular weight is 473 g/mol. The molecule has 2 aromatic heterocycles. The van der Waals surface area contributed by atoms with E-state index in [1.54, 1.807) is 0 Å². The lowest BCUT2D eigenvalue weighted by atomic mass is 10.0. The van der Waals surface area contributed by atoms with Gasteiger partial charge in [0.15, 0.2) is 0 Å². The van der Waals surface area contributed by atoms with E-state index in [0.717, 1.165) is 58.7 Å². The maximum absolute atomic E-state index is 13.1. The average Bonchev–Trinajstić information content (AvgIpc) is 3.49. The first-order valence-corrected chi connectivity index (χ1v) is 12.3. The Labute approximate surface area is 204 Å². The van der Waals surface area contributed by atoms with Crippen molar-refractivity contribution in [3.63, 3.8) is 0 Å². The molecule has 2 aromatic carbocycles. The molecule has 8 nitrogen and oxygen atoms in total. The van der Waals surface area contributed by atoms with Crippen LogP contribution in [0.3, 0.4) is 0 Å². The molecule has 1 saturated heterocycles. The Morgan fingerprint density at radius 3 is 2.14 bits per heavy atom. The van der Waals surface area contributed by atoms with Crippen molar-refractivity contribution >= 4 is 33.6 Å². The molecule has 0 spiro atoms. The predicted molar refractivity (Wildman–Crippen MR) is 138 cm³/mol. The molecule has 5 rings (SSSR count). The third-order valence-corrected chi connectivity index (χ3v) is 6.81. The fourth-order valence-electron chi connectivity index (χ4n) is 4.92. The van der Waals surface area contributed by atoms with Gasteiger partial charge in [-0.15, -0.1) is 0 Å². The molecule has 3 heterocycles. The Hall–Kier alpha value is -3.62. The summed E-state index contributed by atoms with van der Waals surface area (Å²) >= 11 is 0. The lowest BCUT2D eigenvalue weighted by molar-refractivity contribution is -0.126. The van der Waals surface area contributed by atoms with Gasteiger partial charge in [0.25, 0.3) is 0 Å². The predicted octanol–water partition coefficient (Wildman–Crippen LogP) is 2.46. The molecular weight excluding hydrogens is 440 g/mol. The van der Waals surface area contributed by atoms with Crippen molar-refractivity contribution in [3.05, 3.63) is 72.1 Å². The van der Waals surface area contributed by atoms with E-state index in [4.69, 9.17) is 5.73 Å². The summed E-state index contributed by atoms with van der Waals surface area (Å²) < 4.78 is 0. The SMILES string of the molecule is N[C@H](Cc1c[nH]c2ccccc12)C(=O)N[C@H](Cc1c[nH]c2ccccc12)NC(=O)C1CCCCN1. The number of nitrogens with two attached hydrogens (primary N) is 1. The number of para-hydroxylation sites is 2. The molecule has 4 aromatic rings. The first-order valence-electron chi connectivity index (χ1n) is 12.3. The molecule has 0 saturated carbocycles. The van der Waals surface area contributed by atoms with E-state index in [1.807, 2.05) is 60.9 Å². The van der Waals surface area contributed by atoms with E-state index >= 15 is 0 Å². The van der Waals surface area contributed by atoms with Gasteiger partial charge in [-0.1, -0.05) is 42.8 Å². The second kappa shape index (κ2) is 10.3. The molecule has 1 aliphatic rings. The van der Waals surface area contributed by atoms with Gasteiger partial charge in [0, 0.05) is 40.6 Å². The highest BCUT2D eigenvalue weighted by molar-refractivity contribution is 5.88. The number of fused-ring (bicyclic) bond motifs is 2. The normalized spacial score (nSPS) is 17.8. The molecule has 2 amide bonds. The summed E-state index contributed by atoms with van der Waals surface area (Å²) in [5, 5.41) is 11.5. The number of carbonyl (C=O) groups excluding carboxylic acids is 2. The lowest BCUT2D eigenvalue weighted by Crippen LogP contribution is -2.57. The minimum Gasteiger partial charge on any atom is -0.361 e. The van der Waals surface area contributed by atoms with Crippen molar-refractivity contribution in [3.8, 4) is 0 Å². The van der Waals surface area contributed by atoms with Crippen LogP contribution in [-0.2, 0) is 22.4 Å². The smallest absolute Gasteiger partial charge is 0.238 e. The van der Waals surface area contributed by atoms with Gasteiger partial charge < -0.3 is 31.7 Å². The van der Waals surface area contributed by atoms with Crippen LogP contribution in [0, 0.1) is 0 Å². The quantitative estimate of drug-likeness (QED) is 0.220. The summed E-state index contributed by atoms with van der Waals surface area (Å²) in [6, 6.07) is 15.0. The lowest BCUT2D eigenvalue weighted by Gasteiger charge is -2.27. The van der Waals surface area contributed by atoms with Crippen molar-refractivity contribution in [1.29, 1.82) is 0 Å². The number of aromatic amines is 2. The second-order valence-corrected chi connectivity index (χ2v) is 9.31. The number of benzene rings is 2. The summed E-state index contributed by atoms with van der Waals surface area (Å²) in [6.07, 6.45) is 6.98. The van der Waals surface area contributed by atoms with E-state index in [1.165, 1.54) is 0 Å². The largest absolute Gasteiger partial charge is 0.361 e. The molecule has 182 valence electrons. The molecule has 0 aliphatic carbocycles. The van der Waals surface area contributed by atoms with Crippen molar-refractivity contribution in [2.45, 2.75) is 50.4 Å². The van der Waals surface area contributed by atoms with Crippen LogP contribution in [-0.4, -0.2) is 46.6 Å². The number of nitrogens with one attached hydrogen (secondary N) is 5. The number of H-pyrrole nitrogens is 2. The van der Waals surface area contributed by atoms with Gasteiger partial charge in [0.2, 0.25) is 11.8 Å². The minimum atomic E-state index is -0.746. The third kappa shape index (κ3) is 5.23. The highest BCUT2D eigenvalue weighted by atomic mass is 16.2. The Balaban J connectivity index is 1.31. The molecule has 7 N–H and O–H groups in total. The maximum Gasteiger partial charge on any atom is 0.238 e. The molecule has 1 unspecified atom stereocenters. The van der Waals surface area contributed by atoms with Crippen LogP contribution < -0.4 is 21.7 Å². The molecule has 35 heavy (non-hydrogen) atoms. The van der Waals surface area contributed by atoms with Gasteiger partial charge in [-0.25, -0.2) is 0 Å². The van der Waals surface area contributed by atoms with Gasteiger partial charge >= 0.3 is 0 Å². The number of hydrogen-bond acceptors (Lipinski definition) is 4. The first-order chi connectivity index (χ1) is 17.1. The van der Waals surface area contributed by atoms with Gasteiger partial charge in [0.1, 0.15) is 6.17 Å². The number of aromatic nitrogens is 2. The fourth-order valence-corrected chi connectivity index (χ4v) is 4.92. The Morgan fingerprint density at radius 1 is 0.886 bits per heavy atom. The van der Waals surface area contributed by atoms with Crippen molar-refractivity contribution < 1.29 is 9.59 Å². The van der Waals surface area contributed by atoms with E-state index in [-0.39, 0.29) is 17.9 Å². The van der Waals surface area contributed by atoms with Crippen LogP contribution in [0.2, 0.25) is 0 Å². The van der Waals surface area contributed by atoms with E-state index in [0.29, 0.717) is 12.8 Å². The summed E-state index contributed by atoms with van der Waals surface area (Å²) in [5.41, 5.74) is 10.4. The molecular formula is C27H32N6O2. The van der Waals surface area contributed by atoms with Crippen LogP contribution in [0.15, 0.2) is 60.9 Å². The zero-order chi connectivity index (χ0) is 24.2. The molecule has 3 atom stereocenters. The highest BCUT2D eigenvalue weighted by Gasteiger charge is 2.26. The molecule has 0 radical (unpaired) electrons. The Kier molecular flexibility index (Phi) is 6.83. The van der Waals surface area contributed by atoms with Crippen LogP contribution in [0.5, 0.6) is 0 Å². The molecule has 0 bridgehead atoms. The summed E-state index contributed by atoms with van der Waals surface area (Å²) in [5.74, 6) is -0.392. The maximum atomic E-state index is 13.1. The number of piperidine rings is 1. The summed E-state index contributed by atoms with van der Waals surface area (Å²) in [4.78, 5) is 32.6. The minimum absolute atomic E-state index is 0.0972. The Morgan fingerprint density at radius 2 is 1.51 bits per heavy atom. The van der Waals surface area contributed by atoms with Crippen molar-refractivity contribution in [2.24, 2.45) is 5.73 Å². The number of amides is 2. The molecule has 1 aliphatic heterocycles. The first kappa shape index (κ1) is 23.1. The van der Waals surface area contributed by atoms with Gasteiger partial charge in [-0.3, -0.25) is 9.59 Å². The third-order valence-electron chi connectivity index (χ3n) is 6.81.